The Bertz CT molecular complexity index is 540. The van der Waals surface area contributed by atoms with Crippen molar-refractivity contribution in [1.29, 1.82) is 0 Å². The zero-order chi connectivity index (χ0) is 13.8. The van der Waals surface area contributed by atoms with Gasteiger partial charge in [0.15, 0.2) is 0 Å². The van der Waals surface area contributed by atoms with E-state index in [9.17, 15) is 0 Å². The van der Waals surface area contributed by atoms with E-state index in [4.69, 9.17) is 27.9 Å². The summed E-state index contributed by atoms with van der Waals surface area (Å²) in [5.41, 5.74) is 1.27. The number of rotatable bonds is 4. The second kappa shape index (κ2) is 6.17. The Hall–Kier alpha value is -1.39. The molecule has 0 aliphatic carbocycles. The molecule has 0 radical (unpaired) electrons. The number of hydrogen-bond donors (Lipinski definition) is 0. The molecule has 0 aliphatic rings. The standard InChI is InChI=1S/C13H13Cl2N3O/c1-3-8(2)9-4-6-10(7-5-9)19-13-17-11(14)16-12(15)18-13/h4-8H,3H2,1-2H3. The monoisotopic (exact) mass is 297 g/mol. The van der Waals surface area contributed by atoms with E-state index in [1.807, 2.05) is 24.3 Å². The summed E-state index contributed by atoms with van der Waals surface area (Å²) >= 11 is 11.4. The highest BCUT2D eigenvalue weighted by atomic mass is 35.5. The van der Waals surface area contributed by atoms with Gasteiger partial charge in [-0.2, -0.15) is 15.0 Å². The van der Waals surface area contributed by atoms with Crippen molar-refractivity contribution in [3.63, 3.8) is 0 Å². The highest BCUT2D eigenvalue weighted by Crippen LogP contribution is 2.24. The van der Waals surface area contributed by atoms with Crippen LogP contribution >= 0.6 is 23.2 Å². The summed E-state index contributed by atoms with van der Waals surface area (Å²) in [4.78, 5) is 11.3. The van der Waals surface area contributed by atoms with Crippen molar-refractivity contribution in [1.82, 2.24) is 15.0 Å². The lowest BCUT2D eigenvalue weighted by Crippen LogP contribution is -1.96. The van der Waals surface area contributed by atoms with E-state index < -0.39 is 0 Å². The van der Waals surface area contributed by atoms with Crippen molar-refractivity contribution in [2.24, 2.45) is 0 Å². The fourth-order valence-electron chi connectivity index (χ4n) is 1.56. The maximum atomic E-state index is 5.68. The van der Waals surface area contributed by atoms with Crippen LogP contribution in [0.2, 0.25) is 10.6 Å². The molecule has 1 aromatic heterocycles. The highest BCUT2D eigenvalue weighted by Gasteiger charge is 2.07. The first-order valence-electron chi connectivity index (χ1n) is 5.93. The summed E-state index contributed by atoms with van der Waals surface area (Å²) in [6.07, 6.45) is 1.10. The molecular weight excluding hydrogens is 285 g/mol. The highest BCUT2D eigenvalue weighted by molar-refractivity contribution is 6.31. The molecule has 2 aromatic rings. The number of nitrogens with zero attached hydrogens (tertiary/aromatic N) is 3. The van der Waals surface area contributed by atoms with Gasteiger partial charge in [-0.1, -0.05) is 26.0 Å². The summed E-state index contributed by atoms with van der Waals surface area (Å²) in [5.74, 6) is 1.15. The molecule has 19 heavy (non-hydrogen) atoms. The lowest BCUT2D eigenvalue weighted by atomic mass is 9.99. The van der Waals surface area contributed by atoms with Crippen molar-refractivity contribution >= 4 is 23.2 Å². The minimum absolute atomic E-state index is 0.00576. The first-order chi connectivity index (χ1) is 9.08. The minimum Gasteiger partial charge on any atom is -0.424 e. The van der Waals surface area contributed by atoms with Crippen LogP contribution in [0.1, 0.15) is 31.7 Å². The van der Waals surface area contributed by atoms with Gasteiger partial charge in [0.2, 0.25) is 10.6 Å². The van der Waals surface area contributed by atoms with Gasteiger partial charge in [0, 0.05) is 0 Å². The fraction of sp³-hybridized carbons (Fsp3) is 0.308. The van der Waals surface area contributed by atoms with Crippen LogP contribution in [0, 0.1) is 0 Å². The summed E-state index contributed by atoms with van der Waals surface area (Å²) < 4.78 is 5.48. The predicted octanol–water partition coefficient (Wildman–Crippen LogP) is 4.48. The van der Waals surface area contributed by atoms with Crippen molar-refractivity contribution in [3.05, 3.63) is 40.4 Å². The van der Waals surface area contributed by atoms with Gasteiger partial charge >= 0.3 is 6.01 Å². The number of benzene rings is 1. The number of ether oxygens (including phenoxy) is 1. The average molecular weight is 298 g/mol. The van der Waals surface area contributed by atoms with E-state index in [1.165, 1.54) is 5.56 Å². The maximum absolute atomic E-state index is 5.68. The molecule has 1 atom stereocenters. The Morgan fingerprint density at radius 1 is 1.05 bits per heavy atom. The Labute approximate surface area is 121 Å². The molecule has 0 spiro atoms. The predicted molar refractivity (Wildman–Crippen MR) is 75.1 cm³/mol. The minimum atomic E-state index is 0.00576. The van der Waals surface area contributed by atoms with Crippen molar-refractivity contribution in [3.8, 4) is 11.8 Å². The number of aromatic nitrogens is 3. The lowest BCUT2D eigenvalue weighted by molar-refractivity contribution is 0.439. The molecule has 0 saturated carbocycles. The normalized spacial score (nSPS) is 12.2. The van der Waals surface area contributed by atoms with E-state index in [-0.39, 0.29) is 16.6 Å². The third-order valence-electron chi connectivity index (χ3n) is 2.83. The smallest absolute Gasteiger partial charge is 0.327 e. The first kappa shape index (κ1) is 14.0. The molecule has 1 aromatic carbocycles. The molecule has 1 unspecified atom stereocenters. The Kier molecular flexibility index (Phi) is 4.56. The van der Waals surface area contributed by atoms with Crippen LogP contribution in [0.15, 0.2) is 24.3 Å². The summed E-state index contributed by atoms with van der Waals surface area (Å²) in [6.45, 7) is 4.34. The van der Waals surface area contributed by atoms with E-state index in [0.29, 0.717) is 11.7 Å². The Morgan fingerprint density at radius 3 is 2.16 bits per heavy atom. The molecule has 0 bridgehead atoms. The molecule has 0 N–H and O–H groups in total. The molecule has 100 valence electrons. The first-order valence-corrected chi connectivity index (χ1v) is 6.69. The molecule has 0 saturated heterocycles. The van der Waals surface area contributed by atoms with Crippen molar-refractivity contribution in [2.75, 3.05) is 0 Å². The number of halogens is 2. The second-order valence-corrected chi connectivity index (χ2v) is 4.81. The van der Waals surface area contributed by atoms with Crippen LogP contribution < -0.4 is 4.74 Å². The number of hydrogen-bond acceptors (Lipinski definition) is 4. The van der Waals surface area contributed by atoms with Crippen molar-refractivity contribution in [2.45, 2.75) is 26.2 Å². The van der Waals surface area contributed by atoms with Crippen molar-refractivity contribution < 1.29 is 4.74 Å². The van der Waals surface area contributed by atoms with E-state index in [1.54, 1.807) is 0 Å². The quantitative estimate of drug-likeness (QED) is 0.834. The maximum Gasteiger partial charge on any atom is 0.327 e. The van der Waals surface area contributed by atoms with Gasteiger partial charge in [0.25, 0.3) is 0 Å². The average Bonchev–Trinajstić information content (AvgIpc) is 2.37. The molecule has 1 heterocycles. The molecule has 0 aliphatic heterocycles. The third-order valence-corrected chi connectivity index (χ3v) is 3.17. The van der Waals surface area contributed by atoms with Gasteiger partial charge < -0.3 is 4.74 Å². The van der Waals surface area contributed by atoms with E-state index in [0.717, 1.165) is 6.42 Å². The van der Waals surface area contributed by atoms with Gasteiger partial charge in [-0.25, -0.2) is 0 Å². The summed E-state index contributed by atoms with van der Waals surface area (Å²) in [7, 11) is 0. The zero-order valence-corrected chi connectivity index (χ0v) is 12.1. The SMILES string of the molecule is CCC(C)c1ccc(Oc2nc(Cl)nc(Cl)n2)cc1. The van der Waals surface area contributed by atoms with E-state index in [2.05, 4.69) is 28.8 Å². The van der Waals surface area contributed by atoms with Crippen LogP contribution in [0.25, 0.3) is 0 Å². The van der Waals surface area contributed by atoms with Crippen LogP contribution in [0.4, 0.5) is 0 Å². The molecule has 0 amide bonds. The second-order valence-electron chi connectivity index (χ2n) is 4.14. The molecule has 4 nitrogen and oxygen atoms in total. The largest absolute Gasteiger partial charge is 0.424 e. The van der Waals surface area contributed by atoms with Crippen LogP contribution in [0.5, 0.6) is 11.8 Å². The molecular formula is C13H13Cl2N3O. The lowest BCUT2D eigenvalue weighted by Gasteiger charge is -2.09. The molecule has 6 heteroatoms. The third kappa shape index (κ3) is 3.78. The van der Waals surface area contributed by atoms with Gasteiger partial charge in [0.05, 0.1) is 0 Å². The Balaban J connectivity index is 2.15. The van der Waals surface area contributed by atoms with Gasteiger partial charge in [-0.3, -0.25) is 0 Å². The van der Waals surface area contributed by atoms with Crippen LogP contribution in [0.3, 0.4) is 0 Å². The summed E-state index contributed by atoms with van der Waals surface area (Å²) in [6, 6.07) is 7.86. The van der Waals surface area contributed by atoms with Gasteiger partial charge in [-0.15, -0.1) is 0 Å². The zero-order valence-electron chi connectivity index (χ0n) is 10.6. The molecule has 2 rings (SSSR count). The Morgan fingerprint density at radius 2 is 1.63 bits per heavy atom. The van der Waals surface area contributed by atoms with Crippen LogP contribution in [-0.2, 0) is 0 Å². The fourth-order valence-corrected chi connectivity index (χ4v) is 1.91. The van der Waals surface area contributed by atoms with Crippen LogP contribution in [-0.4, -0.2) is 15.0 Å². The topological polar surface area (TPSA) is 47.9 Å². The summed E-state index contributed by atoms with van der Waals surface area (Å²) in [5, 5.41) is 0.0115. The van der Waals surface area contributed by atoms with Gasteiger partial charge in [-0.05, 0) is 53.2 Å². The van der Waals surface area contributed by atoms with E-state index >= 15 is 0 Å². The molecule has 0 fully saturated rings. The van der Waals surface area contributed by atoms with Gasteiger partial charge in [0.1, 0.15) is 5.75 Å².